The van der Waals surface area contributed by atoms with E-state index in [-0.39, 0.29) is 11.8 Å². The van der Waals surface area contributed by atoms with Crippen LogP contribution in [0.5, 0.6) is 5.88 Å². The maximum Gasteiger partial charge on any atom is 0.255 e. The zero-order chi connectivity index (χ0) is 20.3. The van der Waals surface area contributed by atoms with E-state index in [1.54, 1.807) is 24.7 Å². The number of anilines is 2. The SMILES string of the molecule is Cc1nn(C(C)(C)C#N)cc1Nc1ncc(F)c(OC[C@H]2CC[C@H](C)CC2)n1. The van der Waals surface area contributed by atoms with Crippen molar-refractivity contribution in [3.8, 4) is 11.9 Å². The second kappa shape index (κ2) is 8.13. The molecule has 0 aliphatic heterocycles. The Labute approximate surface area is 164 Å². The molecule has 0 aromatic carbocycles. The number of halogens is 1. The number of rotatable bonds is 6. The van der Waals surface area contributed by atoms with Gasteiger partial charge in [-0.1, -0.05) is 19.8 Å². The molecule has 3 rings (SSSR count). The smallest absolute Gasteiger partial charge is 0.255 e. The average Bonchev–Trinajstić information content (AvgIpc) is 3.05. The molecule has 150 valence electrons. The van der Waals surface area contributed by atoms with E-state index in [1.807, 2.05) is 6.92 Å². The van der Waals surface area contributed by atoms with Crippen LogP contribution in [0.25, 0.3) is 0 Å². The zero-order valence-corrected chi connectivity index (χ0v) is 16.9. The van der Waals surface area contributed by atoms with Crippen LogP contribution in [0.4, 0.5) is 16.0 Å². The summed E-state index contributed by atoms with van der Waals surface area (Å²) in [6.07, 6.45) is 7.41. The lowest BCUT2D eigenvalue weighted by atomic mass is 9.83. The minimum atomic E-state index is -0.778. The van der Waals surface area contributed by atoms with Crippen molar-refractivity contribution >= 4 is 11.6 Å². The third-order valence-electron chi connectivity index (χ3n) is 5.29. The maximum atomic E-state index is 14.1. The molecule has 0 amide bonds. The Morgan fingerprint density at radius 2 is 2.07 bits per heavy atom. The lowest BCUT2D eigenvalue weighted by Gasteiger charge is -2.25. The molecule has 28 heavy (non-hydrogen) atoms. The van der Waals surface area contributed by atoms with Crippen LogP contribution in [-0.2, 0) is 5.54 Å². The minimum absolute atomic E-state index is 0.0430. The van der Waals surface area contributed by atoms with Gasteiger partial charge in [0.1, 0.15) is 5.54 Å². The number of ether oxygens (including phenoxy) is 1. The van der Waals surface area contributed by atoms with E-state index in [2.05, 4.69) is 33.4 Å². The highest BCUT2D eigenvalue weighted by atomic mass is 19.1. The molecule has 0 spiro atoms. The molecule has 1 N–H and O–H groups in total. The van der Waals surface area contributed by atoms with Gasteiger partial charge in [-0.25, -0.2) is 4.98 Å². The van der Waals surface area contributed by atoms with Gasteiger partial charge in [-0.15, -0.1) is 0 Å². The number of nitriles is 1. The van der Waals surface area contributed by atoms with Crippen LogP contribution in [0.1, 0.15) is 52.1 Å². The number of hydrogen-bond acceptors (Lipinski definition) is 6. The van der Waals surface area contributed by atoms with Gasteiger partial charge in [0.2, 0.25) is 11.8 Å². The van der Waals surface area contributed by atoms with Gasteiger partial charge in [-0.2, -0.15) is 19.7 Å². The van der Waals surface area contributed by atoms with Crippen molar-refractivity contribution in [1.82, 2.24) is 19.7 Å². The predicted molar refractivity (Wildman–Crippen MR) is 104 cm³/mol. The Morgan fingerprint density at radius 3 is 2.75 bits per heavy atom. The number of nitrogens with zero attached hydrogens (tertiary/aromatic N) is 5. The van der Waals surface area contributed by atoms with Crippen molar-refractivity contribution in [2.75, 3.05) is 11.9 Å². The summed E-state index contributed by atoms with van der Waals surface area (Å²) in [4.78, 5) is 8.17. The molecule has 1 saturated carbocycles. The summed E-state index contributed by atoms with van der Waals surface area (Å²) in [7, 11) is 0. The first kappa shape index (κ1) is 20.1. The van der Waals surface area contributed by atoms with Gasteiger partial charge in [-0.3, -0.25) is 4.68 Å². The summed E-state index contributed by atoms with van der Waals surface area (Å²) in [6, 6.07) is 2.20. The second-order valence-electron chi connectivity index (χ2n) is 8.15. The molecule has 8 heteroatoms. The van der Waals surface area contributed by atoms with Gasteiger partial charge in [-0.05, 0) is 45.4 Å². The lowest BCUT2D eigenvalue weighted by Crippen LogP contribution is -2.24. The summed E-state index contributed by atoms with van der Waals surface area (Å²) in [5.41, 5.74) is 0.567. The highest BCUT2D eigenvalue weighted by molar-refractivity contribution is 5.55. The van der Waals surface area contributed by atoms with Crippen LogP contribution in [0, 0.1) is 35.9 Å². The fourth-order valence-electron chi connectivity index (χ4n) is 3.25. The first-order chi connectivity index (χ1) is 13.3. The standard InChI is InChI=1S/C20H27FN6O/c1-13-5-7-15(8-6-13)11-28-18-16(21)9-23-19(25-18)24-17-10-27(26-14(17)2)20(3,4)12-22/h9-10,13,15H,5-8,11H2,1-4H3,(H,23,24,25)/t13-,15-. The third kappa shape index (κ3) is 4.58. The van der Waals surface area contributed by atoms with Gasteiger partial charge < -0.3 is 10.1 Å². The van der Waals surface area contributed by atoms with Crippen LogP contribution >= 0.6 is 0 Å². The normalized spacial score (nSPS) is 19.9. The largest absolute Gasteiger partial charge is 0.475 e. The van der Waals surface area contributed by atoms with Crippen LogP contribution in [0.3, 0.4) is 0 Å². The molecule has 7 nitrogen and oxygen atoms in total. The number of aryl methyl sites for hydroxylation is 1. The van der Waals surface area contributed by atoms with E-state index in [4.69, 9.17) is 4.74 Å². The van der Waals surface area contributed by atoms with E-state index < -0.39 is 11.4 Å². The fraction of sp³-hybridized carbons (Fsp3) is 0.600. The summed E-state index contributed by atoms with van der Waals surface area (Å²) in [5, 5.41) is 16.7. The summed E-state index contributed by atoms with van der Waals surface area (Å²) in [6.45, 7) is 8.09. The molecule has 1 fully saturated rings. The van der Waals surface area contributed by atoms with Gasteiger partial charge in [0.05, 0.1) is 36.5 Å². The highest BCUT2D eigenvalue weighted by Crippen LogP contribution is 2.29. The fourth-order valence-corrected chi connectivity index (χ4v) is 3.25. The van der Waals surface area contributed by atoms with Crippen LogP contribution in [-0.4, -0.2) is 26.4 Å². The van der Waals surface area contributed by atoms with E-state index in [0.29, 0.717) is 23.9 Å². The summed E-state index contributed by atoms with van der Waals surface area (Å²) < 4.78 is 21.3. The predicted octanol–water partition coefficient (Wildman–Crippen LogP) is 4.33. The Morgan fingerprint density at radius 1 is 1.36 bits per heavy atom. The highest BCUT2D eigenvalue weighted by Gasteiger charge is 2.23. The molecule has 0 unspecified atom stereocenters. The van der Waals surface area contributed by atoms with Crippen LogP contribution < -0.4 is 10.1 Å². The maximum absolute atomic E-state index is 14.1. The van der Waals surface area contributed by atoms with Gasteiger partial charge in [0.25, 0.3) is 5.88 Å². The Kier molecular flexibility index (Phi) is 5.82. The van der Waals surface area contributed by atoms with Crippen LogP contribution in [0.2, 0.25) is 0 Å². The van der Waals surface area contributed by atoms with E-state index in [9.17, 15) is 9.65 Å². The van der Waals surface area contributed by atoms with E-state index in [0.717, 1.165) is 25.0 Å². The van der Waals surface area contributed by atoms with Gasteiger partial charge in [0.15, 0.2) is 0 Å². The molecule has 1 aliphatic carbocycles. The van der Waals surface area contributed by atoms with Crippen molar-refractivity contribution in [2.45, 2.75) is 58.9 Å². The van der Waals surface area contributed by atoms with E-state index >= 15 is 0 Å². The minimum Gasteiger partial charge on any atom is -0.475 e. The molecule has 2 heterocycles. The van der Waals surface area contributed by atoms with Crippen molar-refractivity contribution in [3.05, 3.63) is 23.9 Å². The Hall–Kier alpha value is -2.69. The molecule has 1 aliphatic rings. The molecule has 2 aromatic heterocycles. The molecule has 0 atom stereocenters. The molecular weight excluding hydrogens is 359 g/mol. The Balaban J connectivity index is 1.69. The van der Waals surface area contributed by atoms with E-state index in [1.165, 1.54) is 12.8 Å². The van der Waals surface area contributed by atoms with Gasteiger partial charge >= 0.3 is 0 Å². The lowest BCUT2D eigenvalue weighted by molar-refractivity contribution is 0.178. The van der Waals surface area contributed by atoms with Crippen LogP contribution in [0.15, 0.2) is 12.4 Å². The third-order valence-corrected chi connectivity index (χ3v) is 5.29. The topological polar surface area (TPSA) is 88.7 Å². The molecule has 0 radical (unpaired) electrons. The van der Waals surface area contributed by atoms with Crippen molar-refractivity contribution in [2.24, 2.45) is 11.8 Å². The molecule has 2 aromatic rings. The second-order valence-corrected chi connectivity index (χ2v) is 8.15. The average molecular weight is 386 g/mol. The zero-order valence-electron chi connectivity index (χ0n) is 16.9. The first-order valence-corrected chi connectivity index (χ1v) is 9.69. The Bertz CT molecular complexity index is 864. The number of aromatic nitrogens is 4. The molecule has 0 saturated heterocycles. The number of hydrogen-bond donors (Lipinski definition) is 1. The van der Waals surface area contributed by atoms with Crippen molar-refractivity contribution in [3.63, 3.8) is 0 Å². The van der Waals surface area contributed by atoms with Crippen molar-refractivity contribution in [1.29, 1.82) is 5.26 Å². The number of nitrogens with one attached hydrogen (secondary N) is 1. The quantitative estimate of drug-likeness (QED) is 0.795. The molecular formula is C20H27FN6O. The monoisotopic (exact) mass is 386 g/mol. The first-order valence-electron chi connectivity index (χ1n) is 9.69. The summed E-state index contributed by atoms with van der Waals surface area (Å²) in [5.74, 6) is 0.811. The van der Waals surface area contributed by atoms with Crippen molar-refractivity contribution < 1.29 is 9.13 Å². The molecule has 0 bridgehead atoms. The van der Waals surface area contributed by atoms with Gasteiger partial charge in [0, 0.05) is 0 Å². The summed E-state index contributed by atoms with van der Waals surface area (Å²) >= 11 is 0.